The molecule has 0 saturated carbocycles. The highest BCUT2D eigenvalue weighted by atomic mass is 16.5. The van der Waals surface area contributed by atoms with Crippen LogP contribution in [0.3, 0.4) is 0 Å². The Morgan fingerprint density at radius 1 is 1.24 bits per heavy atom. The van der Waals surface area contributed by atoms with Gasteiger partial charge < -0.3 is 20.3 Å². The molecule has 0 aliphatic heterocycles. The molecule has 1 aromatic rings. The maximum Gasteiger partial charge on any atom is 0.322 e. The Labute approximate surface area is 100 Å². The topological polar surface area (TPSA) is 81.8 Å². The van der Waals surface area contributed by atoms with Gasteiger partial charge in [-0.05, 0) is 5.56 Å². The number of carboxylic acid groups (broad SMARTS) is 1. The normalized spacial score (nSPS) is 12.3. The third kappa shape index (κ3) is 6.01. The third-order valence-corrected chi connectivity index (χ3v) is 2.10. The smallest absolute Gasteiger partial charge is 0.322 e. The van der Waals surface area contributed by atoms with Gasteiger partial charge in [-0.1, -0.05) is 30.3 Å². The number of rotatable bonds is 8. The lowest BCUT2D eigenvalue weighted by Gasteiger charge is -2.08. The summed E-state index contributed by atoms with van der Waals surface area (Å²) in [4.78, 5) is 10.4. The molecular weight excluding hydrogens is 222 g/mol. The first kappa shape index (κ1) is 13.6. The molecule has 3 N–H and O–H groups in total. The average molecular weight is 239 g/mol. The van der Waals surface area contributed by atoms with Crippen LogP contribution < -0.4 is 5.73 Å². The zero-order valence-corrected chi connectivity index (χ0v) is 9.54. The highest BCUT2D eigenvalue weighted by molar-refractivity contribution is 5.73. The maximum absolute atomic E-state index is 10.4. The summed E-state index contributed by atoms with van der Waals surface area (Å²) in [5.74, 6) is -1.06. The zero-order valence-electron chi connectivity index (χ0n) is 9.54. The van der Waals surface area contributed by atoms with E-state index in [1.165, 1.54) is 0 Å². The molecule has 0 heterocycles. The highest BCUT2D eigenvalue weighted by Gasteiger charge is 2.10. The summed E-state index contributed by atoms with van der Waals surface area (Å²) in [5, 5.41) is 8.50. The fourth-order valence-electron chi connectivity index (χ4n) is 1.16. The van der Waals surface area contributed by atoms with Gasteiger partial charge in [-0.3, -0.25) is 4.79 Å². The van der Waals surface area contributed by atoms with Crippen LogP contribution >= 0.6 is 0 Å². The van der Waals surface area contributed by atoms with Crippen molar-refractivity contribution >= 4 is 5.97 Å². The Morgan fingerprint density at radius 3 is 2.53 bits per heavy atom. The van der Waals surface area contributed by atoms with Crippen LogP contribution in [0.25, 0.3) is 0 Å². The predicted octanol–water partition coefficient (Wildman–Crippen LogP) is 0.632. The number of carbonyl (C=O) groups is 1. The van der Waals surface area contributed by atoms with E-state index in [2.05, 4.69) is 0 Å². The van der Waals surface area contributed by atoms with Gasteiger partial charge in [0.25, 0.3) is 0 Å². The van der Waals surface area contributed by atoms with Crippen molar-refractivity contribution in [2.45, 2.75) is 12.6 Å². The summed E-state index contributed by atoms with van der Waals surface area (Å²) in [6, 6.07) is 8.81. The molecule has 0 unspecified atom stereocenters. The lowest BCUT2D eigenvalue weighted by atomic mass is 10.2. The van der Waals surface area contributed by atoms with E-state index in [0.717, 1.165) is 5.56 Å². The number of carboxylic acids is 1. The molecule has 0 bridgehead atoms. The molecular formula is C12H17NO4. The van der Waals surface area contributed by atoms with E-state index in [1.807, 2.05) is 30.3 Å². The number of aliphatic carboxylic acids is 1. The lowest BCUT2D eigenvalue weighted by Crippen LogP contribution is -2.35. The molecule has 1 aromatic carbocycles. The van der Waals surface area contributed by atoms with Crippen molar-refractivity contribution in [2.75, 3.05) is 19.8 Å². The maximum atomic E-state index is 10.4. The Morgan fingerprint density at radius 2 is 1.88 bits per heavy atom. The molecule has 17 heavy (non-hydrogen) atoms. The van der Waals surface area contributed by atoms with Gasteiger partial charge in [-0.2, -0.15) is 0 Å². The molecule has 1 rings (SSSR count). The van der Waals surface area contributed by atoms with Crippen molar-refractivity contribution in [3.63, 3.8) is 0 Å². The summed E-state index contributed by atoms with van der Waals surface area (Å²) >= 11 is 0. The minimum absolute atomic E-state index is 0.00400. The minimum Gasteiger partial charge on any atom is -0.480 e. The minimum atomic E-state index is -1.06. The van der Waals surface area contributed by atoms with Crippen molar-refractivity contribution in [1.82, 2.24) is 0 Å². The first-order valence-electron chi connectivity index (χ1n) is 5.38. The van der Waals surface area contributed by atoms with Crippen molar-refractivity contribution in [3.05, 3.63) is 35.9 Å². The number of hydrogen-bond donors (Lipinski definition) is 2. The van der Waals surface area contributed by atoms with E-state index in [0.29, 0.717) is 19.8 Å². The molecule has 0 amide bonds. The summed E-state index contributed by atoms with van der Waals surface area (Å²) in [6.07, 6.45) is 0. The number of nitrogens with two attached hydrogens (primary N) is 1. The van der Waals surface area contributed by atoms with E-state index in [-0.39, 0.29) is 6.61 Å². The van der Waals surface area contributed by atoms with Gasteiger partial charge in [-0.15, -0.1) is 0 Å². The van der Waals surface area contributed by atoms with E-state index in [1.54, 1.807) is 0 Å². The first-order chi connectivity index (χ1) is 8.20. The summed E-state index contributed by atoms with van der Waals surface area (Å²) < 4.78 is 10.4. The molecule has 0 aliphatic rings. The van der Waals surface area contributed by atoms with Crippen LogP contribution in [0.5, 0.6) is 0 Å². The van der Waals surface area contributed by atoms with Gasteiger partial charge >= 0.3 is 5.97 Å². The van der Waals surface area contributed by atoms with E-state index in [4.69, 9.17) is 20.3 Å². The SMILES string of the molecule is N[C@@H](COCCOCc1ccccc1)C(=O)O. The van der Waals surface area contributed by atoms with Gasteiger partial charge in [0.05, 0.1) is 26.4 Å². The molecule has 0 aliphatic carbocycles. The zero-order chi connectivity index (χ0) is 12.5. The van der Waals surface area contributed by atoms with Gasteiger partial charge in [0.15, 0.2) is 0 Å². The largest absolute Gasteiger partial charge is 0.480 e. The van der Waals surface area contributed by atoms with Gasteiger partial charge in [-0.25, -0.2) is 0 Å². The standard InChI is InChI=1S/C12H17NO4/c13-11(12(14)15)9-17-7-6-16-8-10-4-2-1-3-5-10/h1-5,11H,6-9,13H2,(H,14,15)/t11-/m0/s1. The quantitative estimate of drug-likeness (QED) is 0.650. The summed E-state index contributed by atoms with van der Waals surface area (Å²) in [6.45, 7) is 1.29. The van der Waals surface area contributed by atoms with Crippen LogP contribution in [-0.4, -0.2) is 36.9 Å². The van der Waals surface area contributed by atoms with Crippen LogP contribution in [-0.2, 0) is 20.9 Å². The summed E-state index contributed by atoms with van der Waals surface area (Å²) in [7, 11) is 0. The average Bonchev–Trinajstić information content (AvgIpc) is 2.34. The Hall–Kier alpha value is -1.43. The molecule has 5 nitrogen and oxygen atoms in total. The van der Waals surface area contributed by atoms with Crippen molar-refractivity contribution in [3.8, 4) is 0 Å². The van der Waals surface area contributed by atoms with E-state index < -0.39 is 12.0 Å². The monoisotopic (exact) mass is 239 g/mol. The van der Waals surface area contributed by atoms with Crippen LogP contribution in [0.2, 0.25) is 0 Å². The Balaban J connectivity index is 2.00. The third-order valence-electron chi connectivity index (χ3n) is 2.10. The second-order valence-corrected chi connectivity index (χ2v) is 3.56. The van der Waals surface area contributed by atoms with Crippen molar-refractivity contribution in [1.29, 1.82) is 0 Å². The van der Waals surface area contributed by atoms with Crippen LogP contribution in [0.1, 0.15) is 5.56 Å². The molecule has 94 valence electrons. The molecule has 5 heteroatoms. The molecule has 0 fully saturated rings. The van der Waals surface area contributed by atoms with Gasteiger partial charge in [0, 0.05) is 0 Å². The number of hydrogen-bond acceptors (Lipinski definition) is 4. The van der Waals surface area contributed by atoms with Crippen LogP contribution in [0.15, 0.2) is 30.3 Å². The number of benzene rings is 1. The molecule has 0 spiro atoms. The fourth-order valence-corrected chi connectivity index (χ4v) is 1.16. The Bertz CT molecular complexity index is 329. The first-order valence-corrected chi connectivity index (χ1v) is 5.38. The number of ether oxygens (including phenoxy) is 2. The van der Waals surface area contributed by atoms with Crippen LogP contribution in [0.4, 0.5) is 0 Å². The van der Waals surface area contributed by atoms with Crippen LogP contribution in [0, 0.1) is 0 Å². The molecule has 0 radical (unpaired) electrons. The van der Waals surface area contributed by atoms with Crippen molar-refractivity contribution in [2.24, 2.45) is 5.73 Å². The van der Waals surface area contributed by atoms with Gasteiger partial charge in [0.1, 0.15) is 6.04 Å². The molecule has 1 atom stereocenters. The van der Waals surface area contributed by atoms with E-state index in [9.17, 15) is 4.79 Å². The predicted molar refractivity (Wildman–Crippen MR) is 62.5 cm³/mol. The molecule has 0 saturated heterocycles. The molecule has 0 aromatic heterocycles. The van der Waals surface area contributed by atoms with Crippen molar-refractivity contribution < 1.29 is 19.4 Å². The highest BCUT2D eigenvalue weighted by Crippen LogP contribution is 1.99. The Kier molecular flexibility index (Phi) is 6.24. The second-order valence-electron chi connectivity index (χ2n) is 3.56. The second kappa shape index (κ2) is 7.78. The summed E-state index contributed by atoms with van der Waals surface area (Å²) in [5.41, 5.74) is 6.35. The fraction of sp³-hybridized carbons (Fsp3) is 0.417. The van der Waals surface area contributed by atoms with Gasteiger partial charge in [0.2, 0.25) is 0 Å². The van der Waals surface area contributed by atoms with E-state index >= 15 is 0 Å². The lowest BCUT2D eigenvalue weighted by molar-refractivity contribution is -0.140.